The van der Waals surface area contributed by atoms with Crippen LogP contribution in [0.15, 0.2) is 84.9 Å². The van der Waals surface area contributed by atoms with Crippen LogP contribution in [0.1, 0.15) is 38.1 Å². The molecule has 0 spiro atoms. The van der Waals surface area contributed by atoms with E-state index in [0.717, 1.165) is 64.7 Å². The molecule has 0 unspecified atom stereocenters. The molecule has 0 bridgehead atoms. The minimum absolute atomic E-state index is 0.234. The lowest BCUT2D eigenvalue weighted by Gasteiger charge is -2.25. The van der Waals surface area contributed by atoms with Crippen LogP contribution >= 0.6 is 11.6 Å². The number of halogens is 1. The zero-order valence-corrected chi connectivity index (χ0v) is 25.2. The second kappa shape index (κ2) is 12.6. The first-order valence-electron chi connectivity index (χ1n) is 14.4. The maximum absolute atomic E-state index is 12.4. The van der Waals surface area contributed by atoms with Gasteiger partial charge in [0.15, 0.2) is 5.75 Å². The summed E-state index contributed by atoms with van der Waals surface area (Å²) in [6.45, 7) is 12.0. The summed E-state index contributed by atoms with van der Waals surface area (Å²) in [6.07, 6.45) is 0. The number of para-hydroxylation sites is 1. The van der Waals surface area contributed by atoms with Crippen molar-refractivity contribution in [3.63, 3.8) is 0 Å². The summed E-state index contributed by atoms with van der Waals surface area (Å²) in [7, 11) is 0. The molecule has 5 aromatic rings. The molecule has 42 heavy (non-hydrogen) atoms. The van der Waals surface area contributed by atoms with Gasteiger partial charge in [0.05, 0.1) is 16.3 Å². The molecule has 2 N–H and O–H groups in total. The monoisotopic (exact) mass is 581 g/mol. The van der Waals surface area contributed by atoms with E-state index >= 15 is 0 Å². The van der Waals surface area contributed by atoms with Crippen molar-refractivity contribution in [2.45, 2.75) is 27.7 Å². The fourth-order valence-corrected chi connectivity index (χ4v) is 5.80. The topological polar surface area (TPSA) is 65.0 Å². The summed E-state index contributed by atoms with van der Waals surface area (Å²) in [5, 5.41) is 14.4. The Hall–Kier alpha value is -4.42. The number of aromatic carboxylic acids is 1. The van der Waals surface area contributed by atoms with Crippen molar-refractivity contribution in [1.29, 1.82) is 0 Å². The summed E-state index contributed by atoms with van der Waals surface area (Å²) < 4.78 is 0. The smallest absolute Gasteiger partial charge is 0.336 e. The fraction of sp³-hybridized carbons (Fsp3) is 0.229. The number of hydrogen-bond acceptors (Lipinski definition) is 5. The van der Waals surface area contributed by atoms with Crippen LogP contribution in [0.2, 0.25) is 5.02 Å². The van der Waals surface area contributed by atoms with E-state index < -0.39 is 5.97 Å². The quantitative estimate of drug-likeness (QED) is 0.120. The van der Waals surface area contributed by atoms with E-state index in [9.17, 15) is 9.90 Å². The molecule has 0 aliphatic rings. The van der Waals surface area contributed by atoms with Gasteiger partial charge in [-0.15, -0.1) is 0 Å². The molecule has 0 saturated carbocycles. The minimum atomic E-state index is -0.978. The molecule has 0 atom stereocenters. The van der Waals surface area contributed by atoms with Crippen molar-refractivity contribution in [3.8, 4) is 16.9 Å². The lowest BCUT2D eigenvalue weighted by molar-refractivity contribution is 0.0697. The zero-order valence-electron chi connectivity index (χ0n) is 24.4. The van der Waals surface area contributed by atoms with Gasteiger partial charge in [0, 0.05) is 48.3 Å². The molecule has 6 nitrogen and oxygen atoms in total. The molecule has 0 fully saturated rings. The number of benzene rings is 5. The average Bonchev–Trinajstić information content (AvgIpc) is 3.00. The number of carboxylic acid groups (broad SMARTS) is 1. The zero-order chi connectivity index (χ0) is 29.8. The highest BCUT2D eigenvalue weighted by molar-refractivity contribution is 6.33. The van der Waals surface area contributed by atoms with Gasteiger partial charge in [-0.05, 0) is 104 Å². The molecule has 216 valence electrons. The molecule has 0 heterocycles. The highest BCUT2D eigenvalue weighted by atomic mass is 35.5. The molecule has 0 amide bonds. The first-order valence-corrected chi connectivity index (χ1v) is 14.8. The largest absolute Gasteiger partial charge is 0.478 e. The van der Waals surface area contributed by atoms with E-state index in [0.29, 0.717) is 22.0 Å². The second-order valence-electron chi connectivity index (χ2n) is 10.1. The molecule has 0 radical (unpaired) electrons. The molecule has 0 saturated heterocycles. The number of nitrogens with zero attached hydrogens (tertiary/aromatic N) is 2. The Morgan fingerprint density at radius 1 is 0.762 bits per heavy atom. The van der Waals surface area contributed by atoms with Gasteiger partial charge in [-0.3, -0.25) is 0 Å². The maximum atomic E-state index is 12.4. The third-order valence-corrected chi connectivity index (χ3v) is 8.14. The van der Waals surface area contributed by atoms with Crippen molar-refractivity contribution < 1.29 is 14.7 Å². The van der Waals surface area contributed by atoms with Gasteiger partial charge in [0.1, 0.15) is 0 Å². The van der Waals surface area contributed by atoms with Gasteiger partial charge in [0.2, 0.25) is 0 Å². The van der Waals surface area contributed by atoms with Crippen molar-refractivity contribution in [1.82, 2.24) is 0 Å². The summed E-state index contributed by atoms with van der Waals surface area (Å²) in [6, 6.07) is 27.4. The first-order chi connectivity index (χ1) is 20.4. The Kier molecular flexibility index (Phi) is 8.74. The predicted molar refractivity (Wildman–Crippen MR) is 177 cm³/mol. The maximum Gasteiger partial charge on any atom is 0.336 e. The summed E-state index contributed by atoms with van der Waals surface area (Å²) in [5.74, 6) is -0.372. The number of carbonyl (C=O) groups is 1. The summed E-state index contributed by atoms with van der Waals surface area (Å²) >= 11 is 6.47. The second-order valence-corrected chi connectivity index (χ2v) is 10.5. The first kappa shape index (κ1) is 29.1. The lowest BCUT2D eigenvalue weighted by atomic mass is 9.91. The van der Waals surface area contributed by atoms with Crippen LogP contribution in [0.3, 0.4) is 0 Å². The molecule has 7 heteroatoms. The Labute approximate surface area is 252 Å². The van der Waals surface area contributed by atoms with E-state index in [1.165, 1.54) is 0 Å². The highest BCUT2D eigenvalue weighted by Gasteiger charge is 2.21. The van der Waals surface area contributed by atoms with E-state index in [-0.39, 0.29) is 5.56 Å². The summed E-state index contributed by atoms with van der Waals surface area (Å²) in [5.41, 5.74) is 7.52. The number of nitrogens with one attached hydrogen (secondary N) is 1. The normalized spacial score (nSPS) is 11.1. The molecular weight excluding hydrogens is 546 g/mol. The Morgan fingerprint density at radius 3 is 2.10 bits per heavy atom. The lowest BCUT2D eigenvalue weighted by Crippen LogP contribution is -2.22. The Morgan fingerprint density at radius 2 is 1.40 bits per heavy atom. The van der Waals surface area contributed by atoms with Crippen LogP contribution in [0.25, 0.3) is 32.7 Å². The summed E-state index contributed by atoms with van der Waals surface area (Å²) in [4.78, 5) is 23.4. The van der Waals surface area contributed by atoms with Gasteiger partial charge in [0.25, 0.3) is 0 Å². The van der Waals surface area contributed by atoms with Crippen LogP contribution in [-0.2, 0) is 0 Å². The molecule has 0 aromatic heterocycles. The number of carboxylic acids is 1. The van der Waals surface area contributed by atoms with E-state index in [1.54, 1.807) is 18.2 Å². The average molecular weight is 582 g/mol. The SMILES string of the molecule is CCN(CC)c1ccc2c(ONc3ccccc3Cl)c3c(-c4ccccc4C(=O)O)cc(N(CC)CC)cc3cc2c1. The fourth-order valence-electron chi connectivity index (χ4n) is 5.62. The third kappa shape index (κ3) is 5.55. The van der Waals surface area contributed by atoms with Gasteiger partial charge >= 0.3 is 5.97 Å². The Bertz CT molecular complexity index is 1750. The van der Waals surface area contributed by atoms with Crippen molar-refractivity contribution in [3.05, 3.63) is 95.5 Å². The van der Waals surface area contributed by atoms with Crippen LogP contribution in [0.5, 0.6) is 5.75 Å². The van der Waals surface area contributed by atoms with E-state index in [2.05, 4.69) is 79.4 Å². The van der Waals surface area contributed by atoms with Crippen molar-refractivity contribution >= 4 is 56.2 Å². The molecule has 5 rings (SSSR count). The predicted octanol–water partition coefficient (Wildman–Crippen LogP) is 9.11. The number of rotatable bonds is 11. The highest BCUT2D eigenvalue weighted by Crippen LogP contribution is 2.45. The van der Waals surface area contributed by atoms with Crippen LogP contribution in [0, 0.1) is 0 Å². The number of hydrogen-bond donors (Lipinski definition) is 2. The standard InChI is InChI=1S/C35H36ClN3O3/c1-5-38(6-2)25-17-18-27-23(20-25)19-24-21-26(39(7-3)8-4)22-30(28-13-9-10-14-29(28)35(40)41)33(24)34(27)42-37-32-16-12-11-15-31(32)36/h9-22,37H,5-8H2,1-4H3,(H,40,41). The van der Waals surface area contributed by atoms with Crippen molar-refractivity contribution in [2.75, 3.05) is 41.5 Å². The third-order valence-electron chi connectivity index (χ3n) is 7.81. The van der Waals surface area contributed by atoms with Gasteiger partial charge in [-0.25, -0.2) is 10.3 Å². The molecule has 0 aliphatic carbocycles. The van der Waals surface area contributed by atoms with E-state index in [1.807, 2.05) is 30.3 Å². The van der Waals surface area contributed by atoms with Gasteiger partial charge in [-0.2, -0.15) is 0 Å². The number of anilines is 3. The molecular formula is C35H36ClN3O3. The van der Waals surface area contributed by atoms with Crippen LogP contribution in [-0.4, -0.2) is 37.3 Å². The minimum Gasteiger partial charge on any atom is -0.478 e. The van der Waals surface area contributed by atoms with Gasteiger partial charge in [-0.1, -0.05) is 41.9 Å². The van der Waals surface area contributed by atoms with Crippen LogP contribution < -0.4 is 20.1 Å². The van der Waals surface area contributed by atoms with Crippen molar-refractivity contribution in [2.24, 2.45) is 0 Å². The van der Waals surface area contributed by atoms with E-state index in [4.69, 9.17) is 16.4 Å². The number of fused-ring (bicyclic) bond motifs is 2. The molecule has 0 aliphatic heterocycles. The Balaban J connectivity index is 1.87. The van der Waals surface area contributed by atoms with Crippen LogP contribution in [0.4, 0.5) is 17.1 Å². The molecule has 5 aromatic carbocycles. The van der Waals surface area contributed by atoms with Gasteiger partial charge < -0.3 is 19.7 Å².